The van der Waals surface area contributed by atoms with Gasteiger partial charge in [-0.1, -0.05) is 30.7 Å². The Labute approximate surface area is 156 Å². The summed E-state index contributed by atoms with van der Waals surface area (Å²) < 4.78 is 32.2. The Morgan fingerprint density at radius 1 is 1.33 bits per heavy atom. The van der Waals surface area contributed by atoms with Gasteiger partial charge >= 0.3 is 6.03 Å². The highest BCUT2D eigenvalue weighted by molar-refractivity contribution is 5.89. The molecule has 0 aliphatic carbocycles. The molecule has 1 N–H and O–H groups in total. The lowest BCUT2D eigenvalue weighted by Gasteiger charge is -2.33. The summed E-state index contributed by atoms with van der Waals surface area (Å²) in [6, 6.07) is 7.30. The predicted molar refractivity (Wildman–Crippen MR) is 99.5 cm³/mol. The predicted octanol–water partition coefficient (Wildman–Crippen LogP) is 4.33. The number of hydrogen-bond donors (Lipinski definition) is 1. The van der Waals surface area contributed by atoms with Gasteiger partial charge < -0.3 is 15.0 Å². The fourth-order valence-corrected chi connectivity index (χ4v) is 3.06. The second-order valence-corrected chi connectivity index (χ2v) is 6.48. The van der Waals surface area contributed by atoms with Gasteiger partial charge in [0.15, 0.2) is 11.6 Å². The normalized spacial score (nSPS) is 18.4. The van der Waals surface area contributed by atoms with Crippen molar-refractivity contribution < 1.29 is 18.3 Å². The molecule has 5 nitrogen and oxygen atoms in total. The number of ether oxygens (including phenoxy) is 1. The number of piperidine rings is 1. The number of rotatable bonds is 3. The van der Waals surface area contributed by atoms with Gasteiger partial charge in [-0.25, -0.2) is 18.6 Å². The molecule has 0 spiro atoms. The first kappa shape index (κ1) is 18.8. The summed E-state index contributed by atoms with van der Waals surface area (Å²) in [7, 11) is 1.52. The summed E-state index contributed by atoms with van der Waals surface area (Å²) in [5, 5.41) is 2.80. The Morgan fingerprint density at radius 3 is 2.81 bits per heavy atom. The molecule has 1 aliphatic rings. The van der Waals surface area contributed by atoms with Crippen molar-refractivity contribution in [3.8, 4) is 5.88 Å². The number of hydrogen-bond acceptors (Lipinski definition) is 3. The van der Waals surface area contributed by atoms with Crippen LogP contribution >= 0.6 is 0 Å². The SMILES string of the molecule is COc1ccc(NC(=O)N2CC/C(=C\c3cccc(F)c3F)C(C)C2)cn1. The Morgan fingerprint density at radius 2 is 2.15 bits per heavy atom. The average molecular weight is 373 g/mol. The number of methoxy groups -OCH3 is 1. The number of pyridine rings is 1. The number of anilines is 1. The Kier molecular flexibility index (Phi) is 5.69. The van der Waals surface area contributed by atoms with Crippen LogP contribution in [0.1, 0.15) is 18.9 Å². The van der Waals surface area contributed by atoms with Gasteiger partial charge in [-0.3, -0.25) is 0 Å². The van der Waals surface area contributed by atoms with Gasteiger partial charge in [0.25, 0.3) is 0 Å². The number of aromatic nitrogens is 1. The van der Waals surface area contributed by atoms with Crippen LogP contribution in [0, 0.1) is 17.6 Å². The summed E-state index contributed by atoms with van der Waals surface area (Å²) in [6.45, 7) is 2.97. The van der Waals surface area contributed by atoms with Crippen molar-refractivity contribution in [3.05, 3.63) is 59.3 Å². The van der Waals surface area contributed by atoms with Crippen molar-refractivity contribution in [1.82, 2.24) is 9.88 Å². The zero-order valence-corrected chi connectivity index (χ0v) is 15.2. The maximum Gasteiger partial charge on any atom is 0.321 e. The van der Waals surface area contributed by atoms with Crippen LogP contribution in [0.5, 0.6) is 5.88 Å². The monoisotopic (exact) mass is 373 g/mol. The molecule has 27 heavy (non-hydrogen) atoms. The molecule has 2 aromatic rings. The number of halogens is 2. The molecule has 0 radical (unpaired) electrons. The number of nitrogens with one attached hydrogen (secondary N) is 1. The van der Waals surface area contributed by atoms with Crippen LogP contribution in [0.2, 0.25) is 0 Å². The second kappa shape index (κ2) is 8.16. The highest BCUT2D eigenvalue weighted by Crippen LogP contribution is 2.26. The van der Waals surface area contributed by atoms with Crippen molar-refractivity contribution in [2.24, 2.45) is 5.92 Å². The number of benzene rings is 1. The Balaban J connectivity index is 1.64. The molecule has 2 amide bonds. The summed E-state index contributed by atoms with van der Waals surface area (Å²) in [5.41, 5.74) is 1.81. The minimum absolute atomic E-state index is 0.0427. The van der Waals surface area contributed by atoms with Gasteiger partial charge in [-0.05, 0) is 24.5 Å². The third kappa shape index (κ3) is 4.42. The van der Waals surface area contributed by atoms with Gasteiger partial charge in [0.2, 0.25) is 5.88 Å². The Hall–Kier alpha value is -2.96. The van der Waals surface area contributed by atoms with E-state index in [1.54, 1.807) is 29.2 Å². The maximum atomic E-state index is 13.9. The van der Waals surface area contributed by atoms with E-state index in [-0.39, 0.29) is 17.5 Å². The van der Waals surface area contributed by atoms with Crippen molar-refractivity contribution in [3.63, 3.8) is 0 Å². The number of urea groups is 1. The van der Waals surface area contributed by atoms with Gasteiger partial charge in [0, 0.05) is 24.7 Å². The number of carbonyl (C=O) groups is 1. The molecule has 1 unspecified atom stereocenters. The number of likely N-dealkylation sites (tertiary alicyclic amines) is 1. The van der Waals surface area contributed by atoms with Gasteiger partial charge in [-0.2, -0.15) is 0 Å². The van der Waals surface area contributed by atoms with Crippen LogP contribution < -0.4 is 10.1 Å². The molecule has 1 fully saturated rings. The quantitative estimate of drug-likeness (QED) is 0.871. The molecule has 2 heterocycles. The highest BCUT2D eigenvalue weighted by Gasteiger charge is 2.25. The molecular weight excluding hydrogens is 352 g/mol. The maximum absolute atomic E-state index is 13.9. The number of amides is 2. The average Bonchev–Trinajstić information content (AvgIpc) is 2.67. The molecule has 0 saturated carbocycles. The molecular formula is C20H21F2N3O2. The van der Waals surface area contributed by atoms with Gasteiger partial charge in [0.1, 0.15) is 0 Å². The molecule has 142 valence electrons. The molecule has 1 aliphatic heterocycles. The first-order valence-corrected chi connectivity index (χ1v) is 8.68. The summed E-state index contributed by atoms with van der Waals surface area (Å²) in [6.07, 6.45) is 3.82. The zero-order valence-electron chi connectivity index (χ0n) is 15.2. The van der Waals surface area contributed by atoms with E-state index in [9.17, 15) is 13.6 Å². The van der Waals surface area contributed by atoms with Crippen LogP contribution in [0.25, 0.3) is 6.08 Å². The van der Waals surface area contributed by atoms with Crippen LogP contribution in [0.3, 0.4) is 0 Å². The largest absolute Gasteiger partial charge is 0.481 e. The molecule has 0 bridgehead atoms. The smallest absolute Gasteiger partial charge is 0.321 e. The topological polar surface area (TPSA) is 54.5 Å². The minimum Gasteiger partial charge on any atom is -0.481 e. The lowest BCUT2D eigenvalue weighted by Crippen LogP contribution is -2.42. The van der Waals surface area contributed by atoms with Gasteiger partial charge in [0.05, 0.1) is 19.0 Å². The minimum atomic E-state index is -0.859. The lowest BCUT2D eigenvalue weighted by atomic mass is 9.91. The van der Waals surface area contributed by atoms with E-state index < -0.39 is 11.6 Å². The molecule has 7 heteroatoms. The molecule has 1 aromatic carbocycles. The zero-order chi connectivity index (χ0) is 19.4. The van der Waals surface area contributed by atoms with Crippen LogP contribution in [0.4, 0.5) is 19.3 Å². The summed E-state index contributed by atoms with van der Waals surface area (Å²) in [4.78, 5) is 18.2. The fraction of sp³-hybridized carbons (Fsp3) is 0.300. The number of nitrogens with zero attached hydrogens (tertiary/aromatic N) is 2. The van der Waals surface area contributed by atoms with E-state index in [0.717, 1.165) is 11.6 Å². The van der Waals surface area contributed by atoms with E-state index in [1.807, 2.05) is 6.92 Å². The molecule has 1 aromatic heterocycles. The summed E-state index contributed by atoms with van der Waals surface area (Å²) in [5.74, 6) is -1.19. The van der Waals surface area contributed by atoms with Crippen LogP contribution in [-0.2, 0) is 0 Å². The summed E-state index contributed by atoms with van der Waals surface area (Å²) >= 11 is 0. The standard InChI is InChI=1S/C20H21F2N3O2/c1-13-12-25(20(26)24-16-6-7-18(27-2)23-11-16)9-8-14(13)10-15-4-3-5-17(21)19(15)22/h3-7,10-11,13H,8-9,12H2,1-2H3,(H,24,26)/b14-10+. The third-order valence-electron chi connectivity index (χ3n) is 4.60. The van der Waals surface area contributed by atoms with Crippen molar-refractivity contribution in [1.29, 1.82) is 0 Å². The first-order chi connectivity index (χ1) is 13.0. The molecule has 1 atom stereocenters. The first-order valence-electron chi connectivity index (χ1n) is 8.68. The van der Waals surface area contributed by atoms with E-state index in [4.69, 9.17) is 4.74 Å². The van der Waals surface area contributed by atoms with Crippen molar-refractivity contribution >= 4 is 17.8 Å². The lowest BCUT2D eigenvalue weighted by molar-refractivity contribution is 0.198. The Bertz CT molecular complexity index is 853. The van der Waals surface area contributed by atoms with E-state index in [0.29, 0.717) is 31.1 Å². The van der Waals surface area contributed by atoms with Crippen molar-refractivity contribution in [2.75, 3.05) is 25.5 Å². The van der Waals surface area contributed by atoms with Gasteiger partial charge in [-0.15, -0.1) is 0 Å². The van der Waals surface area contributed by atoms with E-state index in [2.05, 4.69) is 10.3 Å². The highest BCUT2D eigenvalue weighted by atomic mass is 19.2. The van der Waals surface area contributed by atoms with E-state index in [1.165, 1.54) is 19.4 Å². The fourth-order valence-electron chi connectivity index (χ4n) is 3.06. The molecule has 3 rings (SSSR count). The van der Waals surface area contributed by atoms with E-state index >= 15 is 0 Å². The van der Waals surface area contributed by atoms with Crippen LogP contribution in [-0.4, -0.2) is 36.1 Å². The third-order valence-corrected chi connectivity index (χ3v) is 4.60. The number of carbonyl (C=O) groups excluding carboxylic acids is 1. The van der Waals surface area contributed by atoms with Crippen LogP contribution in [0.15, 0.2) is 42.1 Å². The molecule has 1 saturated heterocycles. The second-order valence-electron chi connectivity index (χ2n) is 6.48. The van der Waals surface area contributed by atoms with Crippen molar-refractivity contribution in [2.45, 2.75) is 13.3 Å².